The SMILES string of the molecule is COc1ccc(C(=O)c2cc(C)c(C)s2)cc1Br. The van der Waals surface area contributed by atoms with Gasteiger partial charge in [0, 0.05) is 10.4 Å². The van der Waals surface area contributed by atoms with Gasteiger partial charge in [0.1, 0.15) is 5.75 Å². The molecule has 0 radical (unpaired) electrons. The van der Waals surface area contributed by atoms with E-state index in [9.17, 15) is 4.79 Å². The van der Waals surface area contributed by atoms with Crippen LogP contribution in [0.15, 0.2) is 28.7 Å². The lowest BCUT2D eigenvalue weighted by Gasteiger charge is -2.04. The van der Waals surface area contributed by atoms with Crippen molar-refractivity contribution in [2.24, 2.45) is 0 Å². The van der Waals surface area contributed by atoms with E-state index < -0.39 is 0 Å². The summed E-state index contributed by atoms with van der Waals surface area (Å²) in [6.45, 7) is 4.05. The number of hydrogen-bond donors (Lipinski definition) is 0. The van der Waals surface area contributed by atoms with Crippen LogP contribution in [0, 0.1) is 13.8 Å². The summed E-state index contributed by atoms with van der Waals surface area (Å²) >= 11 is 4.93. The molecule has 0 fully saturated rings. The second-order valence-corrected chi connectivity index (χ2v) is 6.14. The van der Waals surface area contributed by atoms with Gasteiger partial charge in [-0.05, 0) is 59.6 Å². The summed E-state index contributed by atoms with van der Waals surface area (Å²) in [6, 6.07) is 7.33. The predicted octanol–water partition coefficient (Wildman–Crippen LogP) is 4.37. The van der Waals surface area contributed by atoms with Crippen molar-refractivity contribution >= 4 is 33.0 Å². The number of carbonyl (C=O) groups excluding carboxylic acids is 1. The van der Waals surface area contributed by atoms with E-state index in [4.69, 9.17) is 4.74 Å². The number of rotatable bonds is 3. The van der Waals surface area contributed by atoms with Crippen molar-refractivity contribution in [2.45, 2.75) is 13.8 Å². The van der Waals surface area contributed by atoms with Crippen LogP contribution in [-0.2, 0) is 0 Å². The number of halogens is 1. The van der Waals surface area contributed by atoms with Crippen LogP contribution in [0.25, 0.3) is 0 Å². The molecule has 1 aromatic carbocycles. The fourth-order valence-electron chi connectivity index (χ4n) is 1.63. The third kappa shape index (κ3) is 2.49. The lowest BCUT2D eigenvalue weighted by molar-refractivity contribution is 0.104. The molecule has 0 aliphatic carbocycles. The van der Waals surface area contributed by atoms with Gasteiger partial charge in [-0.25, -0.2) is 0 Å². The Kier molecular flexibility index (Phi) is 3.88. The van der Waals surface area contributed by atoms with Gasteiger partial charge in [0.15, 0.2) is 0 Å². The van der Waals surface area contributed by atoms with E-state index in [1.165, 1.54) is 16.2 Å². The van der Waals surface area contributed by atoms with E-state index >= 15 is 0 Å². The first-order valence-corrected chi connectivity index (χ1v) is 7.09. The number of ketones is 1. The minimum absolute atomic E-state index is 0.0551. The fraction of sp³-hybridized carbons (Fsp3) is 0.214. The van der Waals surface area contributed by atoms with Gasteiger partial charge in [0.05, 0.1) is 16.5 Å². The number of benzene rings is 1. The molecule has 0 saturated carbocycles. The van der Waals surface area contributed by atoms with Crippen LogP contribution in [0.3, 0.4) is 0 Å². The van der Waals surface area contributed by atoms with Crippen LogP contribution < -0.4 is 4.74 Å². The quantitative estimate of drug-likeness (QED) is 0.784. The zero-order valence-electron chi connectivity index (χ0n) is 10.4. The van der Waals surface area contributed by atoms with Crippen LogP contribution in [-0.4, -0.2) is 12.9 Å². The summed E-state index contributed by atoms with van der Waals surface area (Å²) in [4.78, 5) is 14.3. The van der Waals surface area contributed by atoms with Gasteiger partial charge in [0.25, 0.3) is 0 Å². The molecule has 2 aromatic rings. The largest absolute Gasteiger partial charge is 0.496 e. The minimum atomic E-state index is 0.0551. The van der Waals surface area contributed by atoms with Gasteiger partial charge >= 0.3 is 0 Å². The lowest BCUT2D eigenvalue weighted by Crippen LogP contribution is -1.99. The Bertz CT molecular complexity index is 582. The molecule has 1 aromatic heterocycles. The number of carbonyl (C=O) groups is 1. The molecule has 1 heterocycles. The summed E-state index contributed by atoms with van der Waals surface area (Å²) in [5.41, 5.74) is 1.83. The second-order valence-electron chi connectivity index (χ2n) is 4.03. The normalized spacial score (nSPS) is 10.4. The van der Waals surface area contributed by atoms with Gasteiger partial charge < -0.3 is 4.74 Å². The van der Waals surface area contributed by atoms with E-state index in [1.807, 2.05) is 19.9 Å². The first-order chi connectivity index (χ1) is 8.52. The molecule has 0 unspecified atom stereocenters. The maximum atomic E-state index is 12.3. The molecular weight excluding hydrogens is 312 g/mol. The van der Waals surface area contributed by atoms with E-state index in [1.54, 1.807) is 25.3 Å². The Labute approximate surface area is 119 Å². The van der Waals surface area contributed by atoms with Crippen molar-refractivity contribution in [1.82, 2.24) is 0 Å². The molecule has 0 atom stereocenters. The van der Waals surface area contributed by atoms with Crippen molar-refractivity contribution in [2.75, 3.05) is 7.11 Å². The number of aryl methyl sites for hydroxylation is 2. The zero-order chi connectivity index (χ0) is 13.3. The molecule has 18 heavy (non-hydrogen) atoms. The monoisotopic (exact) mass is 324 g/mol. The van der Waals surface area contributed by atoms with E-state index in [-0.39, 0.29) is 5.78 Å². The van der Waals surface area contributed by atoms with Crippen LogP contribution >= 0.6 is 27.3 Å². The number of hydrogen-bond acceptors (Lipinski definition) is 3. The summed E-state index contributed by atoms with van der Waals surface area (Å²) in [5.74, 6) is 0.782. The second kappa shape index (κ2) is 5.24. The van der Waals surface area contributed by atoms with Crippen molar-refractivity contribution in [3.63, 3.8) is 0 Å². The highest BCUT2D eigenvalue weighted by Crippen LogP contribution is 2.28. The highest BCUT2D eigenvalue weighted by atomic mass is 79.9. The summed E-state index contributed by atoms with van der Waals surface area (Å²) in [5, 5.41) is 0. The Morgan fingerprint density at radius 3 is 2.50 bits per heavy atom. The van der Waals surface area contributed by atoms with E-state index in [2.05, 4.69) is 15.9 Å². The Morgan fingerprint density at radius 1 is 1.28 bits per heavy atom. The molecule has 0 amide bonds. The minimum Gasteiger partial charge on any atom is -0.496 e. The molecule has 0 aliphatic rings. The van der Waals surface area contributed by atoms with Crippen molar-refractivity contribution < 1.29 is 9.53 Å². The number of ether oxygens (including phenoxy) is 1. The molecule has 0 N–H and O–H groups in total. The molecular formula is C14H13BrO2S. The first kappa shape index (κ1) is 13.3. The standard InChI is InChI=1S/C14H13BrO2S/c1-8-6-13(18-9(8)2)14(16)10-4-5-12(17-3)11(15)7-10/h4-7H,1-3H3. The van der Waals surface area contributed by atoms with Gasteiger partial charge in [0.2, 0.25) is 5.78 Å². The molecule has 2 rings (SSSR count). The summed E-state index contributed by atoms with van der Waals surface area (Å²) in [7, 11) is 1.60. The zero-order valence-corrected chi connectivity index (χ0v) is 12.8. The molecule has 2 nitrogen and oxygen atoms in total. The van der Waals surface area contributed by atoms with Crippen molar-refractivity contribution in [3.8, 4) is 5.75 Å². The van der Waals surface area contributed by atoms with Crippen molar-refractivity contribution in [3.05, 3.63) is 49.6 Å². The van der Waals surface area contributed by atoms with Crippen LogP contribution in [0.2, 0.25) is 0 Å². The third-order valence-corrected chi connectivity index (χ3v) is 4.57. The summed E-state index contributed by atoms with van der Waals surface area (Å²) in [6.07, 6.45) is 0. The van der Waals surface area contributed by atoms with E-state index in [0.717, 1.165) is 20.7 Å². The topological polar surface area (TPSA) is 26.3 Å². The number of methoxy groups -OCH3 is 1. The Balaban J connectivity index is 2.37. The fourth-order valence-corrected chi connectivity index (χ4v) is 3.17. The highest BCUT2D eigenvalue weighted by Gasteiger charge is 2.14. The average molecular weight is 325 g/mol. The van der Waals surface area contributed by atoms with Gasteiger partial charge in [-0.1, -0.05) is 0 Å². The summed E-state index contributed by atoms with van der Waals surface area (Å²) < 4.78 is 5.95. The van der Waals surface area contributed by atoms with Gasteiger partial charge in [-0.15, -0.1) is 11.3 Å². The molecule has 0 spiro atoms. The highest BCUT2D eigenvalue weighted by molar-refractivity contribution is 9.10. The van der Waals surface area contributed by atoms with Gasteiger partial charge in [-0.3, -0.25) is 4.79 Å². The van der Waals surface area contributed by atoms with Crippen LogP contribution in [0.1, 0.15) is 25.7 Å². The molecule has 0 aliphatic heterocycles. The Hall–Kier alpha value is -1.13. The van der Waals surface area contributed by atoms with Gasteiger partial charge in [-0.2, -0.15) is 0 Å². The maximum absolute atomic E-state index is 12.3. The number of thiophene rings is 1. The van der Waals surface area contributed by atoms with Crippen LogP contribution in [0.5, 0.6) is 5.75 Å². The lowest BCUT2D eigenvalue weighted by atomic mass is 10.1. The van der Waals surface area contributed by atoms with Crippen LogP contribution in [0.4, 0.5) is 0 Å². The van der Waals surface area contributed by atoms with E-state index in [0.29, 0.717) is 5.56 Å². The molecule has 4 heteroatoms. The molecule has 0 saturated heterocycles. The molecule has 0 bridgehead atoms. The average Bonchev–Trinajstić information content (AvgIpc) is 2.68. The van der Waals surface area contributed by atoms with Crippen molar-refractivity contribution in [1.29, 1.82) is 0 Å². The molecule has 94 valence electrons. The predicted molar refractivity (Wildman–Crippen MR) is 77.9 cm³/mol. The first-order valence-electron chi connectivity index (χ1n) is 5.48. The maximum Gasteiger partial charge on any atom is 0.203 e. The Morgan fingerprint density at radius 2 is 2.00 bits per heavy atom. The smallest absolute Gasteiger partial charge is 0.203 e. The third-order valence-electron chi connectivity index (χ3n) is 2.80.